The van der Waals surface area contributed by atoms with Gasteiger partial charge in [0, 0.05) is 13.1 Å². The van der Waals surface area contributed by atoms with E-state index in [0.29, 0.717) is 0 Å². The first kappa shape index (κ1) is 18.2. The highest BCUT2D eigenvalue weighted by molar-refractivity contribution is 5.90. The van der Waals surface area contributed by atoms with Crippen molar-refractivity contribution in [2.75, 3.05) is 20.1 Å². The van der Waals surface area contributed by atoms with Crippen LogP contribution in [0.3, 0.4) is 0 Å². The van der Waals surface area contributed by atoms with Gasteiger partial charge in [0.15, 0.2) is 0 Å². The summed E-state index contributed by atoms with van der Waals surface area (Å²) < 4.78 is 0. The maximum atomic E-state index is 12.3. The highest BCUT2D eigenvalue weighted by Crippen LogP contribution is 2.20. The molecule has 19 heavy (non-hydrogen) atoms. The van der Waals surface area contributed by atoms with Crippen LogP contribution >= 0.6 is 12.4 Å². The van der Waals surface area contributed by atoms with Gasteiger partial charge in [0.2, 0.25) is 11.8 Å². The third-order valence-corrected chi connectivity index (χ3v) is 3.27. The number of hydrogen-bond donors (Lipinski definition) is 2. The number of halogens is 1. The zero-order valence-corrected chi connectivity index (χ0v) is 13.1. The molecule has 5 nitrogen and oxygen atoms in total. The maximum Gasteiger partial charge on any atom is 0.242 e. The van der Waals surface area contributed by atoms with E-state index in [1.807, 2.05) is 20.8 Å². The quantitative estimate of drug-likeness (QED) is 0.810. The fraction of sp³-hybridized carbons (Fsp3) is 0.846. The Morgan fingerprint density at radius 2 is 2.00 bits per heavy atom. The Labute approximate surface area is 121 Å². The highest BCUT2D eigenvalue weighted by atomic mass is 35.5. The second-order valence-electron chi connectivity index (χ2n) is 5.60. The molecule has 0 aromatic carbocycles. The van der Waals surface area contributed by atoms with Gasteiger partial charge < -0.3 is 15.5 Å². The van der Waals surface area contributed by atoms with Crippen molar-refractivity contribution in [1.82, 2.24) is 15.5 Å². The number of piperidine rings is 1. The van der Waals surface area contributed by atoms with Crippen LogP contribution in [0.5, 0.6) is 0 Å². The standard InChI is InChI=1S/C13H25N3O2.ClH/c1-10(2)15-11(17)9-16(4)12(18)13(3)7-5-6-8-14-13;/h10,14H,5-9H2,1-4H3,(H,15,17);1H. The maximum absolute atomic E-state index is 12.3. The summed E-state index contributed by atoms with van der Waals surface area (Å²) in [7, 11) is 1.68. The number of carbonyl (C=O) groups is 2. The average molecular weight is 292 g/mol. The van der Waals surface area contributed by atoms with Crippen molar-refractivity contribution >= 4 is 24.2 Å². The molecular formula is C13H26ClN3O2. The van der Waals surface area contributed by atoms with Crippen molar-refractivity contribution in [1.29, 1.82) is 0 Å². The lowest BCUT2D eigenvalue weighted by molar-refractivity contribution is -0.140. The summed E-state index contributed by atoms with van der Waals surface area (Å²) >= 11 is 0. The summed E-state index contributed by atoms with van der Waals surface area (Å²) in [6, 6.07) is 0.101. The van der Waals surface area contributed by atoms with E-state index in [1.165, 1.54) is 4.90 Å². The number of likely N-dealkylation sites (N-methyl/N-ethyl adjacent to an activating group) is 1. The van der Waals surface area contributed by atoms with Crippen molar-refractivity contribution in [3.63, 3.8) is 0 Å². The molecule has 0 spiro atoms. The van der Waals surface area contributed by atoms with Crippen LogP contribution in [0.25, 0.3) is 0 Å². The van der Waals surface area contributed by atoms with Gasteiger partial charge in [0.05, 0.1) is 12.1 Å². The highest BCUT2D eigenvalue weighted by Gasteiger charge is 2.36. The minimum absolute atomic E-state index is 0. The first-order valence-corrected chi connectivity index (χ1v) is 6.65. The molecule has 112 valence electrons. The van der Waals surface area contributed by atoms with E-state index in [0.717, 1.165) is 25.8 Å². The molecule has 1 aliphatic heterocycles. The van der Waals surface area contributed by atoms with E-state index in [9.17, 15) is 9.59 Å². The van der Waals surface area contributed by atoms with Crippen molar-refractivity contribution in [2.45, 2.75) is 51.6 Å². The molecule has 2 N–H and O–H groups in total. The summed E-state index contributed by atoms with van der Waals surface area (Å²) in [6.07, 6.45) is 3.00. The smallest absolute Gasteiger partial charge is 0.242 e. The minimum Gasteiger partial charge on any atom is -0.352 e. The van der Waals surface area contributed by atoms with Gasteiger partial charge in [0.1, 0.15) is 0 Å². The molecule has 1 fully saturated rings. The Morgan fingerprint density at radius 3 is 2.47 bits per heavy atom. The molecular weight excluding hydrogens is 266 g/mol. The van der Waals surface area contributed by atoms with Gasteiger partial charge in [-0.15, -0.1) is 12.4 Å². The van der Waals surface area contributed by atoms with E-state index < -0.39 is 5.54 Å². The fourth-order valence-electron chi connectivity index (χ4n) is 2.31. The number of hydrogen-bond acceptors (Lipinski definition) is 3. The molecule has 0 saturated carbocycles. The summed E-state index contributed by atoms with van der Waals surface area (Å²) in [5, 5.41) is 6.06. The largest absolute Gasteiger partial charge is 0.352 e. The lowest BCUT2D eigenvalue weighted by atomic mass is 9.89. The van der Waals surface area contributed by atoms with Crippen molar-refractivity contribution in [2.24, 2.45) is 0 Å². The molecule has 0 aromatic heterocycles. The average Bonchev–Trinajstić information content (AvgIpc) is 2.27. The number of amides is 2. The van der Waals surface area contributed by atoms with E-state index in [1.54, 1.807) is 7.05 Å². The fourth-order valence-corrected chi connectivity index (χ4v) is 2.31. The number of rotatable bonds is 4. The summed E-state index contributed by atoms with van der Waals surface area (Å²) in [4.78, 5) is 25.5. The van der Waals surface area contributed by atoms with Gasteiger partial charge in [-0.2, -0.15) is 0 Å². The summed E-state index contributed by atoms with van der Waals surface area (Å²) in [6.45, 7) is 6.72. The topological polar surface area (TPSA) is 61.4 Å². The van der Waals surface area contributed by atoms with E-state index in [2.05, 4.69) is 10.6 Å². The Kier molecular flexibility index (Phi) is 7.37. The minimum atomic E-state index is -0.509. The molecule has 6 heteroatoms. The zero-order chi connectivity index (χ0) is 13.8. The second-order valence-corrected chi connectivity index (χ2v) is 5.60. The monoisotopic (exact) mass is 291 g/mol. The van der Waals surface area contributed by atoms with Crippen LogP contribution in [0.1, 0.15) is 40.0 Å². The number of carbonyl (C=O) groups excluding carboxylic acids is 2. The van der Waals surface area contributed by atoms with Gasteiger partial charge in [0.25, 0.3) is 0 Å². The predicted octanol–water partition coefficient (Wildman–Crippen LogP) is 0.923. The first-order chi connectivity index (χ1) is 8.35. The Hall–Kier alpha value is -0.810. The zero-order valence-electron chi connectivity index (χ0n) is 12.3. The number of nitrogens with zero attached hydrogens (tertiary/aromatic N) is 1. The Bertz CT molecular complexity index is 315. The molecule has 0 bridgehead atoms. The van der Waals surface area contributed by atoms with Crippen LogP contribution in [0.2, 0.25) is 0 Å². The molecule has 1 heterocycles. The second kappa shape index (κ2) is 7.70. The summed E-state index contributed by atoms with van der Waals surface area (Å²) in [5.41, 5.74) is -0.509. The lowest BCUT2D eigenvalue weighted by Gasteiger charge is -2.36. The molecule has 1 aliphatic rings. The summed E-state index contributed by atoms with van der Waals surface area (Å²) in [5.74, 6) is -0.110. The van der Waals surface area contributed by atoms with Crippen molar-refractivity contribution in [3.8, 4) is 0 Å². The third-order valence-electron chi connectivity index (χ3n) is 3.27. The van der Waals surface area contributed by atoms with Crippen molar-refractivity contribution < 1.29 is 9.59 Å². The third kappa shape index (κ3) is 5.37. The Morgan fingerprint density at radius 1 is 1.37 bits per heavy atom. The van der Waals surface area contributed by atoms with Gasteiger partial charge in [-0.05, 0) is 46.6 Å². The van der Waals surface area contributed by atoms with Crippen LogP contribution < -0.4 is 10.6 Å². The SMILES string of the molecule is CC(C)NC(=O)CN(C)C(=O)C1(C)CCCCN1.Cl. The van der Waals surface area contributed by atoms with Crippen molar-refractivity contribution in [3.05, 3.63) is 0 Å². The van der Waals surface area contributed by atoms with Crippen LogP contribution in [-0.2, 0) is 9.59 Å². The molecule has 0 aromatic rings. The molecule has 1 unspecified atom stereocenters. The molecule has 1 atom stereocenters. The van der Waals surface area contributed by atoms with Crippen LogP contribution in [0, 0.1) is 0 Å². The molecule has 2 amide bonds. The molecule has 1 rings (SSSR count). The predicted molar refractivity (Wildman–Crippen MR) is 78.4 cm³/mol. The van der Waals surface area contributed by atoms with E-state index in [4.69, 9.17) is 0 Å². The van der Waals surface area contributed by atoms with E-state index in [-0.39, 0.29) is 36.8 Å². The lowest BCUT2D eigenvalue weighted by Crippen LogP contribution is -2.58. The van der Waals surface area contributed by atoms with Crippen LogP contribution in [0.4, 0.5) is 0 Å². The Balaban J connectivity index is 0.00000324. The van der Waals surface area contributed by atoms with Crippen LogP contribution in [0.15, 0.2) is 0 Å². The van der Waals surface area contributed by atoms with E-state index >= 15 is 0 Å². The van der Waals surface area contributed by atoms with Gasteiger partial charge in [-0.3, -0.25) is 9.59 Å². The molecule has 0 radical (unpaired) electrons. The normalized spacial score (nSPS) is 22.6. The van der Waals surface area contributed by atoms with Gasteiger partial charge >= 0.3 is 0 Å². The molecule has 0 aliphatic carbocycles. The first-order valence-electron chi connectivity index (χ1n) is 6.65. The molecule has 1 saturated heterocycles. The van der Waals surface area contributed by atoms with Gasteiger partial charge in [-0.25, -0.2) is 0 Å². The van der Waals surface area contributed by atoms with Gasteiger partial charge in [-0.1, -0.05) is 0 Å². The van der Waals surface area contributed by atoms with Crippen LogP contribution in [-0.4, -0.2) is 48.4 Å². The number of nitrogens with one attached hydrogen (secondary N) is 2.